The predicted octanol–water partition coefficient (Wildman–Crippen LogP) is 0.719. The number of morpholine rings is 1. The highest BCUT2D eigenvalue weighted by molar-refractivity contribution is 5.96. The third kappa shape index (κ3) is 1.94. The van der Waals surface area contributed by atoms with Gasteiger partial charge in [0.15, 0.2) is 0 Å². The van der Waals surface area contributed by atoms with Crippen molar-refractivity contribution in [3.63, 3.8) is 0 Å². The van der Waals surface area contributed by atoms with Crippen molar-refractivity contribution >= 4 is 11.6 Å². The third-order valence-electron chi connectivity index (χ3n) is 2.76. The molecule has 0 bridgehead atoms. The van der Waals surface area contributed by atoms with Gasteiger partial charge in [-0.2, -0.15) is 0 Å². The second-order valence-electron chi connectivity index (χ2n) is 3.90. The van der Waals surface area contributed by atoms with Gasteiger partial charge in [-0.15, -0.1) is 0 Å². The van der Waals surface area contributed by atoms with E-state index in [4.69, 9.17) is 4.74 Å². The zero-order valence-corrected chi connectivity index (χ0v) is 9.22. The second kappa shape index (κ2) is 4.63. The van der Waals surface area contributed by atoms with Crippen molar-refractivity contribution in [1.29, 1.82) is 0 Å². The lowest BCUT2D eigenvalue weighted by Crippen LogP contribution is -2.51. The van der Waals surface area contributed by atoms with Crippen LogP contribution in [0.15, 0.2) is 24.3 Å². The number of para-hydroxylation sites is 1. The molecule has 0 saturated carbocycles. The number of amides is 1. The lowest BCUT2D eigenvalue weighted by molar-refractivity contribution is -0.128. The fourth-order valence-electron chi connectivity index (χ4n) is 1.93. The van der Waals surface area contributed by atoms with E-state index in [0.717, 1.165) is 11.3 Å². The van der Waals surface area contributed by atoms with Crippen LogP contribution < -0.4 is 4.90 Å². The molecule has 1 N–H and O–H groups in total. The number of carbonyl (C=O) groups excluding carboxylic acids is 1. The van der Waals surface area contributed by atoms with E-state index >= 15 is 0 Å². The van der Waals surface area contributed by atoms with Gasteiger partial charge in [-0.05, 0) is 18.6 Å². The highest BCUT2D eigenvalue weighted by Crippen LogP contribution is 2.23. The van der Waals surface area contributed by atoms with E-state index in [2.05, 4.69) is 0 Å². The molecule has 0 radical (unpaired) electrons. The van der Waals surface area contributed by atoms with Crippen LogP contribution in [0, 0.1) is 6.92 Å². The first kappa shape index (κ1) is 11.1. The van der Waals surface area contributed by atoms with Crippen LogP contribution >= 0.6 is 0 Å². The molecule has 4 nitrogen and oxygen atoms in total. The number of benzene rings is 1. The molecular weight excluding hydrogens is 206 g/mol. The number of hydrogen-bond donors (Lipinski definition) is 1. The fourth-order valence-corrected chi connectivity index (χ4v) is 1.93. The van der Waals surface area contributed by atoms with Crippen LogP contribution in [0.5, 0.6) is 0 Å². The number of rotatable bonds is 2. The van der Waals surface area contributed by atoms with Crippen molar-refractivity contribution in [2.24, 2.45) is 0 Å². The van der Waals surface area contributed by atoms with Crippen LogP contribution in [0.2, 0.25) is 0 Å². The van der Waals surface area contributed by atoms with E-state index < -0.39 is 0 Å². The average Bonchev–Trinajstić information content (AvgIpc) is 2.30. The average molecular weight is 221 g/mol. The Hall–Kier alpha value is -1.39. The summed E-state index contributed by atoms with van der Waals surface area (Å²) in [7, 11) is 0. The predicted molar refractivity (Wildman–Crippen MR) is 60.4 cm³/mol. The van der Waals surface area contributed by atoms with Gasteiger partial charge in [0.25, 0.3) is 5.91 Å². The van der Waals surface area contributed by atoms with Crippen LogP contribution in [-0.2, 0) is 9.53 Å². The van der Waals surface area contributed by atoms with Crippen LogP contribution in [0.1, 0.15) is 5.56 Å². The maximum absolute atomic E-state index is 11.8. The summed E-state index contributed by atoms with van der Waals surface area (Å²) in [5.41, 5.74) is 1.88. The van der Waals surface area contributed by atoms with Gasteiger partial charge < -0.3 is 14.7 Å². The van der Waals surface area contributed by atoms with Gasteiger partial charge in [0.05, 0.1) is 19.3 Å². The largest absolute Gasteiger partial charge is 0.394 e. The van der Waals surface area contributed by atoms with Crippen molar-refractivity contribution in [2.75, 3.05) is 24.7 Å². The third-order valence-corrected chi connectivity index (χ3v) is 2.76. The molecule has 1 aromatic carbocycles. The van der Waals surface area contributed by atoms with Gasteiger partial charge in [0.1, 0.15) is 6.61 Å². The van der Waals surface area contributed by atoms with Crippen LogP contribution in [0.3, 0.4) is 0 Å². The normalized spacial score (nSPS) is 21.2. The van der Waals surface area contributed by atoms with Crippen LogP contribution in [-0.4, -0.2) is 36.9 Å². The summed E-state index contributed by atoms with van der Waals surface area (Å²) in [6, 6.07) is 7.38. The number of ether oxygens (including phenoxy) is 1. The van der Waals surface area contributed by atoms with E-state index in [-0.39, 0.29) is 25.2 Å². The Balaban J connectivity index is 2.36. The van der Waals surface area contributed by atoms with E-state index in [0.29, 0.717) is 6.61 Å². The van der Waals surface area contributed by atoms with Crippen molar-refractivity contribution in [2.45, 2.75) is 13.0 Å². The minimum absolute atomic E-state index is 0.0833. The zero-order valence-electron chi connectivity index (χ0n) is 9.22. The SMILES string of the molecule is Cc1ccccc1N1C(=O)COCC1CO. The first-order valence-electron chi connectivity index (χ1n) is 5.30. The van der Waals surface area contributed by atoms with Crippen molar-refractivity contribution in [3.8, 4) is 0 Å². The monoisotopic (exact) mass is 221 g/mol. The number of anilines is 1. The smallest absolute Gasteiger partial charge is 0.253 e. The zero-order chi connectivity index (χ0) is 11.5. The lowest BCUT2D eigenvalue weighted by Gasteiger charge is -2.35. The molecule has 1 aliphatic heterocycles. The van der Waals surface area contributed by atoms with E-state index in [1.54, 1.807) is 4.90 Å². The first-order valence-corrected chi connectivity index (χ1v) is 5.30. The lowest BCUT2D eigenvalue weighted by atomic mass is 10.1. The molecule has 1 aromatic rings. The molecule has 2 rings (SSSR count). The van der Waals surface area contributed by atoms with Gasteiger partial charge >= 0.3 is 0 Å². The Morgan fingerprint density at radius 1 is 1.50 bits per heavy atom. The molecule has 1 fully saturated rings. The number of aliphatic hydroxyl groups is 1. The molecule has 1 heterocycles. The molecule has 1 aliphatic rings. The quantitative estimate of drug-likeness (QED) is 0.800. The fraction of sp³-hybridized carbons (Fsp3) is 0.417. The van der Waals surface area contributed by atoms with Crippen LogP contribution in [0.4, 0.5) is 5.69 Å². The molecule has 1 unspecified atom stereocenters. The molecule has 86 valence electrons. The van der Waals surface area contributed by atoms with Crippen molar-refractivity contribution in [3.05, 3.63) is 29.8 Å². The summed E-state index contributed by atoms with van der Waals surface area (Å²) < 4.78 is 5.13. The summed E-state index contributed by atoms with van der Waals surface area (Å²) in [4.78, 5) is 13.4. The molecule has 0 spiro atoms. The Morgan fingerprint density at radius 3 is 2.94 bits per heavy atom. The molecule has 4 heteroatoms. The summed E-state index contributed by atoms with van der Waals surface area (Å²) >= 11 is 0. The molecular formula is C12H15NO3. The Bertz CT molecular complexity index is 392. The summed E-state index contributed by atoms with van der Waals surface area (Å²) in [5.74, 6) is -0.0976. The second-order valence-corrected chi connectivity index (χ2v) is 3.90. The number of hydrogen-bond acceptors (Lipinski definition) is 3. The minimum Gasteiger partial charge on any atom is -0.394 e. The molecule has 1 amide bonds. The highest BCUT2D eigenvalue weighted by atomic mass is 16.5. The summed E-state index contributed by atoms with van der Waals surface area (Å²) in [6.07, 6.45) is 0. The van der Waals surface area contributed by atoms with E-state index in [1.165, 1.54) is 0 Å². The Morgan fingerprint density at radius 2 is 2.25 bits per heavy atom. The molecule has 16 heavy (non-hydrogen) atoms. The number of nitrogens with zero attached hydrogens (tertiary/aromatic N) is 1. The first-order chi connectivity index (χ1) is 7.74. The van der Waals surface area contributed by atoms with Crippen molar-refractivity contribution in [1.82, 2.24) is 0 Å². The molecule has 1 atom stereocenters. The van der Waals surface area contributed by atoms with Gasteiger partial charge in [-0.25, -0.2) is 0 Å². The summed E-state index contributed by atoms with van der Waals surface area (Å²) in [5, 5.41) is 9.26. The topological polar surface area (TPSA) is 49.8 Å². The number of aliphatic hydroxyl groups excluding tert-OH is 1. The number of aryl methyl sites for hydroxylation is 1. The maximum Gasteiger partial charge on any atom is 0.253 e. The highest BCUT2D eigenvalue weighted by Gasteiger charge is 2.30. The minimum atomic E-state index is -0.276. The van der Waals surface area contributed by atoms with Crippen LogP contribution in [0.25, 0.3) is 0 Å². The maximum atomic E-state index is 11.8. The molecule has 0 aromatic heterocycles. The van der Waals surface area contributed by atoms with E-state index in [9.17, 15) is 9.90 Å². The Labute approximate surface area is 94.4 Å². The van der Waals surface area contributed by atoms with Gasteiger partial charge in [0, 0.05) is 5.69 Å². The number of carbonyl (C=O) groups is 1. The standard InChI is InChI=1S/C12H15NO3/c1-9-4-2-3-5-11(9)13-10(6-14)7-16-8-12(13)15/h2-5,10,14H,6-8H2,1H3. The summed E-state index contributed by atoms with van der Waals surface area (Å²) in [6.45, 7) is 2.34. The van der Waals surface area contributed by atoms with E-state index in [1.807, 2.05) is 31.2 Å². The Kier molecular flexibility index (Phi) is 3.22. The van der Waals surface area contributed by atoms with Gasteiger partial charge in [0.2, 0.25) is 0 Å². The molecule has 0 aliphatic carbocycles. The van der Waals surface area contributed by atoms with Crippen molar-refractivity contribution < 1.29 is 14.6 Å². The molecule has 1 saturated heterocycles. The van der Waals surface area contributed by atoms with Gasteiger partial charge in [-0.1, -0.05) is 18.2 Å². The van der Waals surface area contributed by atoms with Gasteiger partial charge in [-0.3, -0.25) is 4.79 Å².